The maximum absolute atomic E-state index is 4.76. The van der Waals surface area contributed by atoms with Gasteiger partial charge in [-0.3, -0.25) is 0 Å². The van der Waals surface area contributed by atoms with Gasteiger partial charge in [0.1, 0.15) is 0 Å². The van der Waals surface area contributed by atoms with Gasteiger partial charge < -0.3 is 0 Å². The zero-order valence-electron chi connectivity index (χ0n) is 2.65. The Hall–Kier alpha value is -0.663. The Bertz CT molecular complexity index is 68.8. The van der Waals surface area contributed by atoms with Gasteiger partial charge in [0, 0.05) is 0 Å². The molecule has 0 aliphatic heterocycles. The van der Waals surface area contributed by atoms with Gasteiger partial charge in [-0.15, -0.1) is 23.9 Å². The second kappa shape index (κ2) is 3.34. The third kappa shape index (κ3) is 3.34. The van der Waals surface area contributed by atoms with Gasteiger partial charge >= 0.3 is 0 Å². The molecule has 0 nitrogen and oxygen atoms in total. The lowest BCUT2D eigenvalue weighted by atomic mass is 12.4. The molecule has 0 atom stereocenters. The van der Waals surface area contributed by atoms with Crippen LogP contribution in [0.4, 0.5) is 0 Å². The maximum atomic E-state index is 4.76. The van der Waals surface area contributed by atoms with Crippen molar-refractivity contribution in [2.75, 3.05) is 0 Å². The molecule has 0 aliphatic rings. The molecule has 0 spiro atoms. The van der Waals surface area contributed by atoms with Crippen LogP contribution in [0.2, 0.25) is 0 Å². The summed E-state index contributed by atoms with van der Waals surface area (Å²) in [5.74, 6) is 0. The largest absolute Gasteiger partial charge is 0.249 e. The summed E-state index contributed by atoms with van der Waals surface area (Å²) in [4.78, 5) is 0. The van der Waals surface area contributed by atoms with Gasteiger partial charge in [-0.1, -0.05) is 0 Å². The molecular weight excluding hydrogens is 80.1 g/mol. The van der Waals surface area contributed by atoms with Crippen LogP contribution < -0.4 is 0 Å². The van der Waals surface area contributed by atoms with Crippen LogP contribution in [0.25, 0.3) is 0 Å². The van der Waals surface area contributed by atoms with Gasteiger partial charge in [-0.25, -0.2) is 0 Å². The molecule has 0 unspecified atom stereocenters. The van der Waals surface area contributed by atoms with Crippen molar-refractivity contribution in [1.29, 1.82) is 0 Å². The van der Waals surface area contributed by atoms with Crippen molar-refractivity contribution >= 4 is 9.52 Å². The molecule has 0 heterocycles. The monoisotopic (exact) mass is 82.0 g/mol. The number of terminal acetylenes is 2. The quantitative estimate of drug-likeness (QED) is 0.217. The van der Waals surface area contributed by atoms with E-state index in [0.717, 1.165) is 0 Å². The first kappa shape index (κ1) is 4.34. The van der Waals surface area contributed by atoms with Crippen molar-refractivity contribution < 1.29 is 0 Å². The van der Waals surface area contributed by atoms with Crippen LogP contribution in [0.1, 0.15) is 0 Å². The van der Waals surface area contributed by atoms with Crippen LogP contribution >= 0.6 is 0 Å². The highest BCUT2D eigenvalue weighted by Gasteiger charge is 1.58. The van der Waals surface area contributed by atoms with Crippen molar-refractivity contribution in [3.8, 4) is 23.9 Å². The van der Waals surface area contributed by atoms with Crippen LogP contribution in [0.3, 0.4) is 0 Å². The second-order valence-electron chi connectivity index (χ2n) is 0.414. The Labute approximate surface area is 34.4 Å². The molecule has 0 N–H and O–H groups in total. The zero-order chi connectivity index (χ0) is 4.12. The molecule has 5 heavy (non-hydrogen) atoms. The molecule has 0 amide bonds. The summed E-state index contributed by atoms with van der Waals surface area (Å²) in [6.45, 7) is 0. The van der Waals surface area contributed by atoms with Crippen LogP contribution in [0.5, 0.6) is 0 Å². The van der Waals surface area contributed by atoms with E-state index in [2.05, 4.69) is 11.1 Å². The fourth-order valence-corrected chi connectivity index (χ4v) is 0.125. The smallest absolute Gasteiger partial charge is 0.126 e. The van der Waals surface area contributed by atoms with Gasteiger partial charge in [0.05, 0.1) is 0 Å². The first-order valence-corrected chi connectivity index (χ1v) is 2.08. The van der Waals surface area contributed by atoms with Gasteiger partial charge in [0.25, 0.3) is 0 Å². The highest BCUT2D eigenvalue weighted by Crippen LogP contribution is 1.38. The van der Waals surface area contributed by atoms with E-state index < -0.39 is 0 Å². The molecular formula is C4H2Si. The third-order valence-electron chi connectivity index (χ3n) is 0.144. The minimum atomic E-state index is 0.253. The van der Waals surface area contributed by atoms with E-state index in [1.54, 1.807) is 0 Å². The van der Waals surface area contributed by atoms with Crippen molar-refractivity contribution in [2.45, 2.75) is 0 Å². The van der Waals surface area contributed by atoms with E-state index in [1.807, 2.05) is 0 Å². The molecule has 2 radical (unpaired) electrons. The first-order chi connectivity index (χ1) is 2.41. The second-order valence-corrected chi connectivity index (χ2v) is 1.24. The van der Waals surface area contributed by atoms with Crippen molar-refractivity contribution in [3.05, 3.63) is 0 Å². The summed E-state index contributed by atoms with van der Waals surface area (Å²) in [6.07, 6.45) is 9.52. The Morgan fingerprint density at radius 3 is 1.60 bits per heavy atom. The molecule has 0 aromatic heterocycles. The van der Waals surface area contributed by atoms with Crippen LogP contribution in [-0.2, 0) is 0 Å². The summed E-state index contributed by atoms with van der Waals surface area (Å²) in [5, 5.41) is 0. The van der Waals surface area contributed by atoms with Gasteiger partial charge in [0.15, 0.2) is 0 Å². The Kier molecular flexibility index (Phi) is 2.89. The highest BCUT2D eigenvalue weighted by atomic mass is 28.2. The predicted octanol–water partition coefficient (Wildman–Crippen LogP) is -0.128. The molecule has 0 aromatic rings. The van der Waals surface area contributed by atoms with E-state index >= 15 is 0 Å². The van der Waals surface area contributed by atoms with Crippen molar-refractivity contribution in [3.63, 3.8) is 0 Å². The average Bonchev–Trinajstić information content (AvgIpc) is 1.41. The number of rotatable bonds is 0. The van der Waals surface area contributed by atoms with Crippen molar-refractivity contribution in [1.82, 2.24) is 0 Å². The number of hydrogen-bond donors (Lipinski definition) is 0. The number of hydrogen-bond acceptors (Lipinski definition) is 0. The molecule has 0 aliphatic carbocycles. The summed E-state index contributed by atoms with van der Waals surface area (Å²) < 4.78 is 0. The molecule has 0 aromatic carbocycles. The molecule has 1 heteroatoms. The topological polar surface area (TPSA) is 0 Å². The predicted molar refractivity (Wildman–Crippen MR) is 23.4 cm³/mol. The average molecular weight is 82.1 g/mol. The van der Waals surface area contributed by atoms with Gasteiger partial charge in [-0.05, 0) is 0 Å². The van der Waals surface area contributed by atoms with E-state index in [1.165, 1.54) is 0 Å². The van der Waals surface area contributed by atoms with E-state index in [9.17, 15) is 0 Å². The zero-order valence-corrected chi connectivity index (χ0v) is 3.65. The van der Waals surface area contributed by atoms with E-state index in [-0.39, 0.29) is 9.52 Å². The van der Waals surface area contributed by atoms with Gasteiger partial charge in [-0.2, -0.15) is 0 Å². The van der Waals surface area contributed by atoms with Crippen LogP contribution in [0.15, 0.2) is 0 Å². The summed E-state index contributed by atoms with van der Waals surface area (Å²) in [6, 6.07) is 0. The standard InChI is InChI=1S/C4H2Si/c1-3-5-4-2/h1-2H/i1+1,2+1,3+1,4+1. The third-order valence-corrected chi connectivity index (χ3v) is 0.433. The van der Waals surface area contributed by atoms with Crippen LogP contribution in [0, 0.1) is 23.9 Å². The fraction of sp³-hybridized carbons (Fsp3) is 0. The Morgan fingerprint density at radius 1 is 1.20 bits per heavy atom. The molecule has 0 saturated heterocycles. The normalized spacial score (nSPS) is 4.40. The Morgan fingerprint density at radius 2 is 1.60 bits per heavy atom. The minimum Gasteiger partial charge on any atom is -0.126 e. The minimum absolute atomic E-state index is 0.253. The SMILES string of the molecule is [13CH]#[13C][Si][13C]#[13CH]. The highest BCUT2D eigenvalue weighted by molar-refractivity contribution is 6.54. The first-order valence-electron chi connectivity index (χ1n) is 1.08. The summed E-state index contributed by atoms with van der Waals surface area (Å²) in [7, 11) is 0.253. The molecule has 0 rings (SSSR count). The summed E-state index contributed by atoms with van der Waals surface area (Å²) in [5.41, 5.74) is 4.62. The lowest BCUT2D eigenvalue weighted by Crippen LogP contribution is -1.70. The summed E-state index contributed by atoms with van der Waals surface area (Å²) >= 11 is 0. The van der Waals surface area contributed by atoms with E-state index in [0.29, 0.717) is 0 Å². The van der Waals surface area contributed by atoms with Gasteiger partial charge in [0.2, 0.25) is 9.52 Å². The Balaban J connectivity index is 2.86. The lowest BCUT2D eigenvalue weighted by molar-refractivity contribution is 2.87. The molecule has 22 valence electrons. The van der Waals surface area contributed by atoms with Crippen LogP contribution in [-0.4, -0.2) is 9.52 Å². The molecule has 0 fully saturated rings. The maximum Gasteiger partial charge on any atom is 0.249 e. The fourth-order valence-electron chi connectivity index (χ4n) is 0.0417. The molecule has 0 bridgehead atoms. The lowest BCUT2D eigenvalue weighted by Gasteiger charge is -1.50. The van der Waals surface area contributed by atoms with E-state index in [4.69, 9.17) is 12.8 Å². The van der Waals surface area contributed by atoms with Crippen molar-refractivity contribution in [2.24, 2.45) is 0 Å². The molecule has 0 saturated carbocycles.